The van der Waals surface area contributed by atoms with Crippen molar-refractivity contribution in [1.82, 2.24) is 0 Å². The minimum absolute atomic E-state index is 0. The second-order valence-electron chi connectivity index (χ2n) is 5.59. The summed E-state index contributed by atoms with van der Waals surface area (Å²) < 4.78 is 41.2. The van der Waals surface area contributed by atoms with E-state index in [2.05, 4.69) is 0 Å². The number of phenols is 4. The van der Waals surface area contributed by atoms with Crippen LogP contribution in [0.4, 0.5) is 0 Å². The van der Waals surface area contributed by atoms with Gasteiger partial charge in [-0.2, -0.15) is 0 Å². The quantitative estimate of drug-likeness (QED) is 0.206. The van der Waals surface area contributed by atoms with E-state index in [1.54, 1.807) is 0 Å². The maximum Gasteiger partial charge on any atom is 1.00 e. The standard InChI is InChI=1S/C15H14O9S.Na/c16-8-4-11(18)9-6-14(20)15(25(21,22)23,24-13(9)5-8)7-1-2-10(17)12(19)3-7;/h1-5,14,16-20H,6H2,(H,21,22,23);/q;+1/p-1/t14-,15+;/m0./s1. The van der Waals surface area contributed by atoms with Crippen molar-refractivity contribution < 1.29 is 72.8 Å². The topological polar surface area (TPSA) is 168 Å². The largest absolute Gasteiger partial charge is 1.00 e. The first kappa shape index (κ1) is 20.6. The molecule has 0 aliphatic carbocycles. The van der Waals surface area contributed by atoms with Gasteiger partial charge in [-0.15, -0.1) is 0 Å². The molecule has 1 heterocycles. The van der Waals surface area contributed by atoms with Crippen LogP contribution in [-0.4, -0.2) is 44.6 Å². The van der Waals surface area contributed by atoms with Gasteiger partial charge in [0.1, 0.15) is 33.5 Å². The van der Waals surface area contributed by atoms with Crippen LogP contribution >= 0.6 is 0 Å². The molecule has 0 saturated carbocycles. The normalized spacial score (nSPS) is 22.0. The zero-order chi connectivity index (χ0) is 18.6. The molecule has 2 atom stereocenters. The molecule has 1 aliphatic rings. The molecule has 0 bridgehead atoms. The van der Waals surface area contributed by atoms with E-state index in [-0.39, 0.29) is 40.9 Å². The first-order chi connectivity index (χ1) is 11.6. The van der Waals surface area contributed by atoms with Gasteiger partial charge in [0.05, 0.1) is 0 Å². The fourth-order valence-corrected chi connectivity index (χ4v) is 3.85. The SMILES string of the molecule is O=S(=O)([O-])[C@@]1(c2ccc(O)c(O)c2)Oc2cc(O)cc(O)c2C[C@@H]1O.[Na+]. The Morgan fingerprint density at radius 3 is 2.27 bits per heavy atom. The Labute approximate surface area is 170 Å². The van der Waals surface area contributed by atoms with E-state index in [4.69, 9.17) is 4.74 Å². The summed E-state index contributed by atoms with van der Waals surface area (Å²) in [6.07, 6.45) is -2.40. The molecular formula is C15H13NaO9S. The van der Waals surface area contributed by atoms with Gasteiger partial charge in [0.25, 0.3) is 0 Å². The van der Waals surface area contributed by atoms with E-state index in [1.165, 1.54) is 0 Å². The number of aromatic hydroxyl groups is 4. The Bertz CT molecular complexity index is 960. The molecule has 0 radical (unpaired) electrons. The molecule has 1 aliphatic heterocycles. The van der Waals surface area contributed by atoms with Crippen molar-refractivity contribution in [2.24, 2.45) is 0 Å². The average Bonchev–Trinajstić information content (AvgIpc) is 2.49. The van der Waals surface area contributed by atoms with Gasteiger partial charge in [-0.1, -0.05) is 0 Å². The number of hydrogen-bond donors (Lipinski definition) is 5. The number of fused-ring (bicyclic) bond motifs is 1. The number of aliphatic hydroxyl groups excluding tert-OH is 1. The first-order valence-corrected chi connectivity index (χ1v) is 8.37. The van der Waals surface area contributed by atoms with Crippen LogP contribution in [0.1, 0.15) is 11.1 Å². The summed E-state index contributed by atoms with van der Waals surface area (Å²) in [4.78, 5) is -2.84. The van der Waals surface area contributed by atoms with Gasteiger partial charge in [0, 0.05) is 29.7 Å². The van der Waals surface area contributed by atoms with E-state index in [0.29, 0.717) is 0 Å². The molecule has 2 aromatic carbocycles. The number of phenolic OH excluding ortho intramolecular Hbond substituents is 4. The predicted octanol–water partition coefficient (Wildman–Crippen LogP) is -2.79. The summed E-state index contributed by atoms with van der Waals surface area (Å²) in [5.74, 6) is -2.49. The molecule has 134 valence electrons. The third-order valence-corrected chi connectivity index (χ3v) is 5.35. The van der Waals surface area contributed by atoms with Gasteiger partial charge in [-0.05, 0) is 18.2 Å². The second-order valence-corrected chi connectivity index (χ2v) is 7.10. The molecule has 0 amide bonds. The summed E-state index contributed by atoms with van der Waals surface area (Å²) in [7, 11) is -5.37. The summed E-state index contributed by atoms with van der Waals surface area (Å²) in [6.45, 7) is 0. The summed E-state index contributed by atoms with van der Waals surface area (Å²) in [6, 6.07) is 4.67. The van der Waals surface area contributed by atoms with Gasteiger partial charge in [0.2, 0.25) is 4.93 Å². The molecular weight excluding hydrogens is 379 g/mol. The maximum absolute atomic E-state index is 12.0. The molecule has 0 spiro atoms. The Hall–Kier alpha value is -1.69. The first-order valence-electron chi connectivity index (χ1n) is 6.96. The van der Waals surface area contributed by atoms with Crippen LogP contribution < -0.4 is 34.3 Å². The predicted molar refractivity (Wildman–Crippen MR) is 81.3 cm³/mol. The second kappa shape index (κ2) is 6.80. The number of aliphatic hydroxyl groups is 1. The van der Waals surface area contributed by atoms with Crippen LogP contribution in [0.25, 0.3) is 0 Å². The van der Waals surface area contributed by atoms with Crippen molar-refractivity contribution in [2.75, 3.05) is 0 Å². The van der Waals surface area contributed by atoms with Crippen molar-refractivity contribution >= 4 is 10.1 Å². The molecule has 3 rings (SSSR count). The molecule has 9 nitrogen and oxygen atoms in total. The molecule has 0 aromatic heterocycles. The van der Waals surface area contributed by atoms with Crippen molar-refractivity contribution in [2.45, 2.75) is 17.5 Å². The van der Waals surface area contributed by atoms with Gasteiger partial charge in [-0.25, -0.2) is 8.42 Å². The fourth-order valence-electron chi connectivity index (χ4n) is 2.83. The number of hydrogen-bond acceptors (Lipinski definition) is 9. The minimum Gasteiger partial charge on any atom is -0.745 e. The number of rotatable bonds is 2. The zero-order valence-electron chi connectivity index (χ0n) is 13.4. The Kier molecular flexibility index (Phi) is 5.39. The third-order valence-electron chi connectivity index (χ3n) is 4.02. The van der Waals surface area contributed by atoms with E-state index in [0.717, 1.165) is 30.3 Å². The average molecular weight is 392 g/mol. The van der Waals surface area contributed by atoms with Crippen molar-refractivity contribution in [3.63, 3.8) is 0 Å². The molecule has 5 N–H and O–H groups in total. The maximum atomic E-state index is 12.0. The van der Waals surface area contributed by atoms with Gasteiger partial charge in [0.15, 0.2) is 11.5 Å². The number of benzene rings is 2. The summed E-state index contributed by atoms with van der Waals surface area (Å²) in [5, 5.41) is 48.8. The minimum atomic E-state index is -5.37. The van der Waals surface area contributed by atoms with E-state index >= 15 is 0 Å². The van der Waals surface area contributed by atoms with E-state index < -0.39 is 56.1 Å². The monoisotopic (exact) mass is 392 g/mol. The molecule has 0 unspecified atom stereocenters. The smallest absolute Gasteiger partial charge is 0.745 e. The zero-order valence-corrected chi connectivity index (χ0v) is 16.3. The van der Waals surface area contributed by atoms with Crippen LogP contribution in [0.3, 0.4) is 0 Å². The third kappa shape index (κ3) is 3.08. The van der Waals surface area contributed by atoms with Crippen LogP contribution in [0.5, 0.6) is 28.7 Å². The number of ether oxygens (including phenoxy) is 1. The Morgan fingerprint density at radius 1 is 1.04 bits per heavy atom. The molecule has 2 aromatic rings. The van der Waals surface area contributed by atoms with E-state index in [1.807, 2.05) is 0 Å². The van der Waals surface area contributed by atoms with E-state index in [9.17, 15) is 38.5 Å². The summed E-state index contributed by atoms with van der Waals surface area (Å²) >= 11 is 0. The Balaban J connectivity index is 0.00000243. The Morgan fingerprint density at radius 2 is 1.69 bits per heavy atom. The van der Waals surface area contributed by atoms with Gasteiger partial charge in [-0.3, -0.25) is 0 Å². The van der Waals surface area contributed by atoms with Crippen LogP contribution in [0.2, 0.25) is 0 Å². The van der Waals surface area contributed by atoms with Crippen molar-refractivity contribution in [3.8, 4) is 28.7 Å². The fraction of sp³-hybridized carbons (Fsp3) is 0.200. The summed E-state index contributed by atoms with van der Waals surface area (Å²) in [5.41, 5.74) is -0.411. The molecule has 11 heteroatoms. The van der Waals surface area contributed by atoms with Crippen molar-refractivity contribution in [3.05, 3.63) is 41.5 Å². The molecule has 26 heavy (non-hydrogen) atoms. The van der Waals surface area contributed by atoms with Crippen LogP contribution in [0, 0.1) is 0 Å². The van der Waals surface area contributed by atoms with Gasteiger partial charge < -0.3 is 34.8 Å². The van der Waals surface area contributed by atoms with Gasteiger partial charge >= 0.3 is 29.6 Å². The molecule has 0 saturated heterocycles. The van der Waals surface area contributed by atoms with Crippen molar-refractivity contribution in [1.29, 1.82) is 0 Å². The van der Waals surface area contributed by atoms with Crippen LogP contribution in [0.15, 0.2) is 30.3 Å². The molecule has 0 fully saturated rings. The van der Waals surface area contributed by atoms with Crippen LogP contribution in [-0.2, 0) is 21.5 Å².